The topological polar surface area (TPSA) is 46.6 Å². The van der Waals surface area contributed by atoms with Gasteiger partial charge < -0.3 is 4.74 Å². The highest BCUT2D eigenvalue weighted by molar-refractivity contribution is 7.12. The quantitative estimate of drug-likeness (QED) is 0.720. The highest BCUT2D eigenvalue weighted by atomic mass is 32.1. The van der Waals surface area contributed by atoms with E-state index in [9.17, 15) is 9.59 Å². The van der Waals surface area contributed by atoms with Crippen molar-refractivity contribution in [1.29, 1.82) is 0 Å². The summed E-state index contributed by atoms with van der Waals surface area (Å²) in [7, 11) is 0. The lowest BCUT2D eigenvalue weighted by Gasteiger charge is -2.29. The molecule has 0 saturated carbocycles. The molecule has 0 amide bonds. The zero-order chi connectivity index (χ0) is 16.1. The van der Waals surface area contributed by atoms with Crippen LogP contribution in [0.3, 0.4) is 0 Å². The third-order valence-corrected chi connectivity index (χ3v) is 5.74. The summed E-state index contributed by atoms with van der Waals surface area (Å²) in [6, 6.07) is 7.42. The van der Waals surface area contributed by atoms with Crippen LogP contribution in [0.5, 0.6) is 0 Å². The van der Waals surface area contributed by atoms with Gasteiger partial charge in [-0.2, -0.15) is 0 Å². The summed E-state index contributed by atoms with van der Waals surface area (Å²) in [4.78, 5) is 28.9. The van der Waals surface area contributed by atoms with Crippen LogP contribution in [-0.4, -0.2) is 49.3 Å². The molecule has 2 aromatic rings. The number of morpholine rings is 1. The molecule has 0 radical (unpaired) electrons. The Bertz CT molecular complexity index is 631. The predicted octanol–water partition coefficient (Wildman–Crippen LogP) is 3.21. The molecular formula is C17H19NO3S2. The van der Waals surface area contributed by atoms with Gasteiger partial charge in [-0.25, -0.2) is 0 Å². The van der Waals surface area contributed by atoms with E-state index in [1.807, 2.05) is 35.0 Å². The van der Waals surface area contributed by atoms with Crippen LogP contribution in [-0.2, 0) is 4.74 Å². The molecular weight excluding hydrogens is 330 g/mol. The Morgan fingerprint density at radius 3 is 2.35 bits per heavy atom. The molecule has 0 aromatic carbocycles. The van der Waals surface area contributed by atoms with Gasteiger partial charge >= 0.3 is 0 Å². The number of thiophene rings is 2. The van der Waals surface area contributed by atoms with Crippen molar-refractivity contribution < 1.29 is 14.3 Å². The molecule has 23 heavy (non-hydrogen) atoms. The van der Waals surface area contributed by atoms with Crippen molar-refractivity contribution in [2.75, 3.05) is 32.8 Å². The first-order chi connectivity index (χ1) is 11.2. The molecule has 3 rings (SSSR count). The molecule has 1 aliphatic heterocycles. The van der Waals surface area contributed by atoms with E-state index >= 15 is 0 Å². The molecule has 1 aliphatic rings. The largest absolute Gasteiger partial charge is 0.379 e. The molecule has 6 heteroatoms. The van der Waals surface area contributed by atoms with Crippen LogP contribution < -0.4 is 0 Å². The number of hydrogen-bond acceptors (Lipinski definition) is 6. The van der Waals surface area contributed by atoms with E-state index in [-0.39, 0.29) is 23.9 Å². The monoisotopic (exact) mass is 349 g/mol. The number of Topliss-reactive ketones (excluding diaryl/α,β-unsaturated/α-hetero) is 2. The number of ketones is 2. The van der Waals surface area contributed by atoms with Gasteiger partial charge in [-0.1, -0.05) is 12.1 Å². The zero-order valence-corrected chi connectivity index (χ0v) is 14.4. The standard InChI is InChI=1S/C17H19NO3S2/c19-14(15-3-1-9-22-15)11-13(12-18-5-7-21-8-6-18)17(20)16-4-2-10-23-16/h1-4,9-10,13H,5-8,11-12H2. The maximum Gasteiger partial charge on any atom is 0.177 e. The molecule has 2 aromatic heterocycles. The second kappa shape index (κ2) is 7.97. The average molecular weight is 349 g/mol. The summed E-state index contributed by atoms with van der Waals surface area (Å²) in [5, 5.41) is 3.80. The molecule has 122 valence electrons. The van der Waals surface area contributed by atoms with Crippen LogP contribution in [0.25, 0.3) is 0 Å². The van der Waals surface area contributed by atoms with Crippen LogP contribution in [0.15, 0.2) is 35.0 Å². The number of rotatable bonds is 7. The fraction of sp³-hybridized carbons (Fsp3) is 0.412. The normalized spacial score (nSPS) is 17.0. The van der Waals surface area contributed by atoms with Gasteiger partial charge in [0.15, 0.2) is 11.6 Å². The lowest BCUT2D eigenvalue weighted by atomic mass is 9.95. The second-order valence-electron chi connectivity index (χ2n) is 5.56. The van der Waals surface area contributed by atoms with Gasteiger partial charge in [0.2, 0.25) is 0 Å². The lowest BCUT2D eigenvalue weighted by Crippen LogP contribution is -2.41. The second-order valence-corrected chi connectivity index (χ2v) is 7.45. The fourth-order valence-corrected chi connectivity index (χ4v) is 4.14. The smallest absolute Gasteiger partial charge is 0.177 e. The molecule has 0 N–H and O–H groups in total. The van der Waals surface area contributed by atoms with Crippen LogP contribution in [0.1, 0.15) is 25.8 Å². The molecule has 1 saturated heterocycles. The minimum Gasteiger partial charge on any atom is -0.379 e. The van der Waals surface area contributed by atoms with E-state index in [0.29, 0.717) is 19.8 Å². The Labute approximate surface area is 143 Å². The third-order valence-electron chi connectivity index (χ3n) is 3.94. The van der Waals surface area contributed by atoms with Gasteiger partial charge in [-0.05, 0) is 22.9 Å². The average Bonchev–Trinajstić information content (AvgIpc) is 3.27. The number of carbonyl (C=O) groups is 2. The minimum atomic E-state index is -0.290. The van der Waals surface area contributed by atoms with Crippen molar-refractivity contribution in [3.63, 3.8) is 0 Å². The Hall–Kier alpha value is -1.34. The molecule has 1 atom stereocenters. The van der Waals surface area contributed by atoms with E-state index in [1.165, 1.54) is 22.7 Å². The Morgan fingerprint density at radius 1 is 1.09 bits per heavy atom. The van der Waals surface area contributed by atoms with Crippen molar-refractivity contribution in [3.05, 3.63) is 44.8 Å². The van der Waals surface area contributed by atoms with Crippen molar-refractivity contribution in [2.24, 2.45) is 5.92 Å². The first-order valence-corrected chi connectivity index (χ1v) is 9.44. The zero-order valence-electron chi connectivity index (χ0n) is 12.8. The van der Waals surface area contributed by atoms with Gasteiger partial charge in [-0.3, -0.25) is 14.5 Å². The highest BCUT2D eigenvalue weighted by Gasteiger charge is 2.27. The molecule has 3 heterocycles. The van der Waals surface area contributed by atoms with Gasteiger partial charge in [-0.15, -0.1) is 22.7 Å². The number of hydrogen-bond donors (Lipinski definition) is 0. The van der Waals surface area contributed by atoms with E-state index in [4.69, 9.17) is 4.74 Å². The molecule has 0 spiro atoms. The highest BCUT2D eigenvalue weighted by Crippen LogP contribution is 2.22. The maximum absolute atomic E-state index is 12.8. The molecule has 1 fully saturated rings. The van der Waals surface area contributed by atoms with E-state index in [1.54, 1.807) is 0 Å². The molecule has 0 aliphatic carbocycles. The SMILES string of the molecule is O=C(CC(CN1CCOCC1)C(=O)c1cccs1)c1cccs1. The summed E-state index contributed by atoms with van der Waals surface area (Å²) in [6.07, 6.45) is 0.272. The number of nitrogens with zero attached hydrogens (tertiary/aromatic N) is 1. The number of ether oxygens (including phenoxy) is 1. The van der Waals surface area contributed by atoms with Crippen LogP contribution in [0, 0.1) is 5.92 Å². The Kier molecular flexibility index (Phi) is 5.72. The molecule has 4 nitrogen and oxygen atoms in total. The van der Waals surface area contributed by atoms with Gasteiger partial charge in [0, 0.05) is 32.0 Å². The first-order valence-electron chi connectivity index (χ1n) is 7.68. The fourth-order valence-electron chi connectivity index (χ4n) is 2.72. The van der Waals surface area contributed by atoms with Gasteiger partial charge in [0.05, 0.1) is 23.0 Å². The summed E-state index contributed by atoms with van der Waals surface area (Å²) in [5.74, 6) is -0.152. The van der Waals surface area contributed by atoms with Crippen molar-refractivity contribution in [2.45, 2.75) is 6.42 Å². The van der Waals surface area contributed by atoms with Crippen LogP contribution >= 0.6 is 22.7 Å². The van der Waals surface area contributed by atoms with Crippen LogP contribution in [0.2, 0.25) is 0 Å². The van der Waals surface area contributed by atoms with E-state index in [2.05, 4.69) is 4.90 Å². The predicted molar refractivity (Wildman–Crippen MR) is 92.7 cm³/mol. The van der Waals surface area contributed by atoms with Gasteiger partial charge in [0.25, 0.3) is 0 Å². The summed E-state index contributed by atoms with van der Waals surface area (Å²) < 4.78 is 5.36. The number of carbonyl (C=O) groups excluding carboxylic acids is 2. The van der Waals surface area contributed by atoms with E-state index < -0.39 is 0 Å². The maximum atomic E-state index is 12.8. The summed E-state index contributed by atoms with van der Waals surface area (Å²) in [6.45, 7) is 3.65. The van der Waals surface area contributed by atoms with Crippen molar-refractivity contribution in [3.8, 4) is 0 Å². The van der Waals surface area contributed by atoms with Gasteiger partial charge in [0.1, 0.15) is 0 Å². The van der Waals surface area contributed by atoms with Crippen LogP contribution in [0.4, 0.5) is 0 Å². The van der Waals surface area contributed by atoms with Crippen molar-refractivity contribution >= 4 is 34.2 Å². The minimum absolute atomic E-state index is 0.0585. The summed E-state index contributed by atoms with van der Waals surface area (Å²) in [5.41, 5.74) is 0. The van der Waals surface area contributed by atoms with Crippen molar-refractivity contribution in [1.82, 2.24) is 4.90 Å². The summed E-state index contributed by atoms with van der Waals surface area (Å²) >= 11 is 2.88. The lowest BCUT2D eigenvalue weighted by molar-refractivity contribution is 0.0295. The Morgan fingerprint density at radius 2 is 1.74 bits per heavy atom. The van der Waals surface area contributed by atoms with E-state index in [0.717, 1.165) is 22.8 Å². The molecule has 0 bridgehead atoms. The molecule has 1 unspecified atom stereocenters. The Balaban J connectivity index is 1.72. The first kappa shape index (κ1) is 16.5. The third kappa shape index (κ3) is 4.35.